The molecule has 3 aliphatic rings. The van der Waals surface area contributed by atoms with E-state index in [0.717, 1.165) is 44.1 Å². The second-order valence-corrected chi connectivity index (χ2v) is 10.2. The van der Waals surface area contributed by atoms with Crippen LogP contribution in [0.5, 0.6) is 0 Å². The first-order valence-corrected chi connectivity index (χ1v) is 12.7. The molecule has 0 saturated carbocycles. The van der Waals surface area contributed by atoms with Crippen LogP contribution in [0.15, 0.2) is 59.4 Å². The molecule has 182 valence electrons. The van der Waals surface area contributed by atoms with Crippen molar-refractivity contribution in [1.82, 2.24) is 34.2 Å². The summed E-state index contributed by atoms with van der Waals surface area (Å²) in [5.74, 6) is 1.95. The molecule has 0 unspecified atom stereocenters. The summed E-state index contributed by atoms with van der Waals surface area (Å²) in [7, 11) is 1.93. The lowest BCUT2D eigenvalue weighted by Crippen LogP contribution is -2.45. The third-order valence-corrected chi connectivity index (χ3v) is 7.34. The van der Waals surface area contributed by atoms with Crippen LogP contribution < -0.4 is 0 Å². The molecule has 0 aliphatic carbocycles. The summed E-state index contributed by atoms with van der Waals surface area (Å²) in [6.45, 7) is 10.3. The SMILES string of the molecule is CC1=CC2=NCN(C(C)C)N2C(c2cc3ccccc3n2C2CCN(Cc3ncn(C)n3)CC2)=C1. The Balaban J connectivity index is 1.34. The van der Waals surface area contributed by atoms with Crippen LogP contribution in [0.1, 0.15) is 51.2 Å². The Kier molecular flexibility index (Phi) is 5.57. The first-order chi connectivity index (χ1) is 17.0. The molecule has 0 bridgehead atoms. The average Bonchev–Trinajstić information content (AvgIpc) is 3.55. The van der Waals surface area contributed by atoms with Crippen LogP contribution in [-0.4, -0.2) is 65.9 Å². The van der Waals surface area contributed by atoms with Gasteiger partial charge in [0.1, 0.15) is 18.8 Å². The first-order valence-electron chi connectivity index (χ1n) is 12.7. The summed E-state index contributed by atoms with van der Waals surface area (Å²) in [5, 5.41) is 10.5. The lowest BCUT2D eigenvalue weighted by Gasteiger charge is -2.38. The number of aliphatic imine (C=N–C) groups is 1. The van der Waals surface area contributed by atoms with E-state index < -0.39 is 0 Å². The molecule has 35 heavy (non-hydrogen) atoms. The van der Waals surface area contributed by atoms with Gasteiger partial charge in [-0.2, -0.15) is 10.1 Å². The van der Waals surface area contributed by atoms with E-state index >= 15 is 0 Å². The van der Waals surface area contributed by atoms with Gasteiger partial charge < -0.3 is 4.57 Å². The van der Waals surface area contributed by atoms with Gasteiger partial charge in [-0.15, -0.1) is 0 Å². The van der Waals surface area contributed by atoms with Crippen molar-refractivity contribution in [3.63, 3.8) is 0 Å². The van der Waals surface area contributed by atoms with Crippen molar-refractivity contribution in [1.29, 1.82) is 0 Å². The minimum atomic E-state index is 0.368. The van der Waals surface area contributed by atoms with Crippen LogP contribution in [-0.2, 0) is 13.6 Å². The third kappa shape index (κ3) is 4.00. The number of hydrazine groups is 1. The smallest absolute Gasteiger partial charge is 0.164 e. The molecule has 3 aromatic rings. The lowest BCUT2D eigenvalue weighted by molar-refractivity contribution is 0.0874. The fourth-order valence-electron chi connectivity index (χ4n) is 5.63. The highest BCUT2D eigenvalue weighted by atomic mass is 15.7. The first kappa shape index (κ1) is 22.2. The van der Waals surface area contributed by atoms with E-state index in [-0.39, 0.29) is 0 Å². The zero-order chi connectivity index (χ0) is 24.1. The van der Waals surface area contributed by atoms with E-state index in [0.29, 0.717) is 18.8 Å². The normalized spacial score (nSPS) is 19.9. The molecule has 0 N–H and O–H groups in total. The molecular weight excluding hydrogens is 436 g/mol. The van der Waals surface area contributed by atoms with Gasteiger partial charge in [0, 0.05) is 43.1 Å². The molecule has 8 heteroatoms. The lowest BCUT2D eigenvalue weighted by atomic mass is 10.0. The maximum absolute atomic E-state index is 4.86. The zero-order valence-electron chi connectivity index (χ0n) is 21.1. The van der Waals surface area contributed by atoms with Crippen LogP contribution in [0.25, 0.3) is 16.6 Å². The van der Waals surface area contributed by atoms with Crippen molar-refractivity contribution in [3.05, 3.63) is 65.9 Å². The Labute approximate surface area is 206 Å². The van der Waals surface area contributed by atoms with Crippen molar-refractivity contribution >= 4 is 22.4 Å². The predicted molar refractivity (Wildman–Crippen MR) is 139 cm³/mol. The molecule has 2 aromatic heterocycles. The van der Waals surface area contributed by atoms with Gasteiger partial charge in [0.2, 0.25) is 0 Å². The Bertz CT molecular complexity index is 1330. The highest BCUT2D eigenvalue weighted by molar-refractivity contribution is 6.03. The van der Waals surface area contributed by atoms with Crippen molar-refractivity contribution in [3.8, 4) is 0 Å². The summed E-state index contributed by atoms with van der Waals surface area (Å²) in [5.41, 5.74) is 5.07. The largest absolute Gasteiger partial charge is 0.336 e. The minimum Gasteiger partial charge on any atom is -0.336 e. The molecule has 0 spiro atoms. The molecule has 0 atom stereocenters. The summed E-state index contributed by atoms with van der Waals surface area (Å²) in [6, 6.07) is 12.0. The van der Waals surface area contributed by atoms with Crippen LogP contribution in [0.4, 0.5) is 0 Å². The van der Waals surface area contributed by atoms with E-state index in [1.165, 1.54) is 27.9 Å². The second kappa shape index (κ2) is 8.77. The van der Waals surface area contributed by atoms with Crippen molar-refractivity contribution in [2.75, 3.05) is 19.8 Å². The number of nitrogens with zero attached hydrogens (tertiary/aromatic N) is 8. The molecule has 8 nitrogen and oxygen atoms in total. The second-order valence-electron chi connectivity index (χ2n) is 10.2. The number of aryl methyl sites for hydroxylation is 1. The van der Waals surface area contributed by atoms with Gasteiger partial charge in [-0.25, -0.2) is 9.98 Å². The molecular formula is C27H34N8. The van der Waals surface area contributed by atoms with Crippen LogP contribution in [0.3, 0.4) is 0 Å². The topological polar surface area (TPSA) is 57.7 Å². The van der Waals surface area contributed by atoms with Crippen LogP contribution in [0.2, 0.25) is 0 Å². The molecule has 3 aliphatic heterocycles. The van der Waals surface area contributed by atoms with E-state index in [4.69, 9.17) is 4.99 Å². The van der Waals surface area contributed by atoms with Gasteiger partial charge in [0.25, 0.3) is 0 Å². The van der Waals surface area contributed by atoms with Crippen molar-refractivity contribution in [2.24, 2.45) is 12.0 Å². The molecule has 6 rings (SSSR count). The monoisotopic (exact) mass is 470 g/mol. The number of aromatic nitrogens is 4. The number of rotatable bonds is 5. The number of fused-ring (bicyclic) bond motifs is 2. The number of hydrogen-bond acceptors (Lipinski definition) is 6. The highest BCUT2D eigenvalue weighted by Crippen LogP contribution is 2.38. The maximum Gasteiger partial charge on any atom is 0.164 e. The summed E-state index contributed by atoms with van der Waals surface area (Å²) in [6.07, 6.45) is 8.52. The fourth-order valence-corrected chi connectivity index (χ4v) is 5.63. The number of allylic oxidation sites excluding steroid dienone is 2. The van der Waals surface area contributed by atoms with E-state index in [2.05, 4.69) is 92.8 Å². The Morgan fingerprint density at radius 1 is 1.09 bits per heavy atom. The van der Waals surface area contributed by atoms with Gasteiger partial charge in [-0.1, -0.05) is 18.2 Å². The van der Waals surface area contributed by atoms with E-state index in [1.807, 2.05) is 7.05 Å². The quantitative estimate of drug-likeness (QED) is 0.559. The third-order valence-electron chi connectivity index (χ3n) is 7.34. The Morgan fingerprint density at radius 2 is 1.89 bits per heavy atom. The van der Waals surface area contributed by atoms with E-state index in [9.17, 15) is 0 Å². The van der Waals surface area contributed by atoms with Gasteiger partial charge in [0.15, 0.2) is 5.82 Å². The average molecular weight is 471 g/mol. The number of piperidine rings is 1. The maximum atomic E-state index is 4.86. The molecule has 5 heterocycles. The standard InChI is InChI=1S/C27H34N8/c1-19(2)33-18-29-27-14-20(3)13-25(35(27)33)24-15-21-7-5-6-8-23(21)34(24)22-9-11-32(12-10-22)16-26-28-17-31(4)30-26/h5-8,13-15,17,19,22H,9-12,16,18H2,1-4H3. The Hall–Kier alpha value is -3.23. The van der Waals surface area contributed by atoms with Gasteiger partial charge in [-0.3, -0.25) is 14.6 Å². The summed E-state index contributed by atoms with van der Waals surface area (Å²) < 4.78 is 4.38. The predicted octanol–water partition coefficient (Wildman–Crippen LogP) is 4.20. The molecule has 1 fully saturated rings. The highest BCUT2D eigenvalue weighted by Gasteiger charge is 2.35. The fraction of sp³-hybridized carbons (Fsp3) is 0.444. The van der Waals surface area contributed by atoms with Gasteiger partial charge in [-0.05, 0) is 63.5 Å². The number of amidine groups is 1. The number of hydrogen-bond donors (Lipinski definition) is 0. The van der Waals surface area contributed by atoms with Crippen molar-refractivity contribution < 1.29 is 0 Å². The molecule has 0 amide bonds. The summed E-state index contributed by atoms with van der Waals surface area (Å²) >= 11 is 0. The van der Waals surface area contributed by atoms with Crippen molar-refractivity contribution in [2.45, 2.75) is 52.2 Å². The van der Waals surface area contributed by atoms with Crippen LogP contribution in [0, 0.1) is 0 Å². The number of benzene rings is 1. The van der Waals surface area contributed by atoms with Gasteiger partial charge >= 0.3 is 0 Å². The zero-order valence-corrected chi connectivity index (χ0v) is 21.1. The number of likely N-dealkylation sites (tertiary alicyclic amines) is 1. The Morgan fingerprint density at radius 3 is 2.63 bits per heavy atom. The summed E-state index contributed by atoms with van der Waals surface area (Å²) in [4.78, 5) is 11.8. The molecule has 1 saturated heterocycles. The number of para-hydroxylation sites is 1. The molecule has 0 radical (unpaired) electrons. The molecule has 1 aromatic carbocycles. The van der Waals surface area contributed by atoms with E-state index in [1.54, 1.807) is 11.0 Å². The minimum absolute atomic E-state index is 0.368. The van der Waals surface area contributed by atoms with Gasteiger partial charge in [0.05, 0.1) is 17.9 Å². The van der Waals surface area contributed by atoms with Crippen LogP contribution >= 0.6 is 0 Å².